The normalized spacial score (nSPS) is 10.4. The maximum absolute atomic E-state index is 8.97. The van der Waals surface area contributed by atoms with Gasteiger partial charge in [-0.15, -0.1) is 0 Å². The highest BCUT2D eigenvalue weighted by Gasteiger charge is 2.13. The second-order valence-corrected chi connectivity index (χ2v) is 3.67. The Labute approximate surface area is 87.3 Å². The second-order valence-electron chi connectivity index (χ2n) is 3.31. The summed E-state index contributed by atoms with van der Waals surface area (Å²) in [4.78, 5) is 0. The van der Waals surface area contributed by atoms with Crippen molar-refractivity contribution in [1.29, 1.82) is 5.26 Å². The molecule has 0 amide bonds. The van der Waals surface area contributed by atoms with Crippen LogP contribution >= 0.6 is 11.6 Å². The van der Waals surface area contributed by atoms with Gasteiger partial charge < -0.3 is 4.57 Å². The Kier molecular flexibility index (Phi) is 1.98. The lowest BCUT2D eigenvalue weighted by atomic mass is 10.1. The standard InChI is InChI=1S/C11H9ClN2/c1-7-4-3-5-8-9(6-13)11(12)14(2)10(7)8/h3-5H,1-2H3. The van der Waals surface area contributed by atoms with E-state index in [0.29, 0.717) is 10.7 Å². The molecule has 0 radical (unpaired) electrons. The highest BCUT2D eigenvalue weighted by atomic mass is 35.5. The Morgan fingerprint density at radius 1 is 1.43 bits per heavy atom. The third-order valence-electron chi connectivity index (χ3n) is 2.46. The van der Waals surface area contributed by atoms with Crippen LogP contribution in [0.4, 0.5) is 0 Å². The Hall–Kier alpha value is -1.46. The van der Waals surface area contributed by atoms with Crippen LogP contribution in [0, 0.1) is 18.3 Å². The van der Waals surface area contributed by atoms with Crippen molar-refractivity contribution in [3.8, 4) is 6.07 Å². The van der Waals surface area contributed by atoms with Gasteiger partial charge in [-0.25, -0.2) is 0 Å². The number of para-hydroxylation sites is 1. The predicted octanol–water partition coefficient (Wildman–Crippen LogP) is 3.01. The van der Waals surface area contributed by atoms with Crippen LogP contribution in [0.15, 0.2) is 18.2 Å². The topological polar surface area (TPSA) is 28.7 Å². The van der Waals surface area contributed by atoms with Crippen molar-refractivity contribution in [3.63, 3.8) is 0 Å². The molecule has 1 aromatic carbocycles. The van der Waals surface area contributed by atoms with Crippen molar-refractivity contribution in [3.05, 3.63) is 34.5 Å². The maximum atomic E-state index is 8.97. The number of aromatic nitrogens is 1. The first kappa shape index (κ1) is 9.11. The number of halogens is 1. The van der Waals surface area contributed by atoms with E-state index >= 15 is 0 Å². The van der Waals surface area contributed by atoms with Crippen molar-refractivity contribution < 1.29 is 0 Å². The van der Waals surface area contributed by atoms with Gasteiger partial charge in [0.05, 0.1) is 11.1 Å². The molecule has 0 aliphatic heterocycles. The van der Waals surface area contributed by atoms with E-state index in [1.165, 1.54) is 0 Å². The first-order chi connectivity index (χ1) is 6.66. The van der Waals surface area contributed by atoms with Gasteiger partial charge in [0, 0.05) is 12.4 Å². The lowest BCUT2D eigenvalue weighted by molar-refractivity contribution is 0.963. The van der Waals surface area contributed by atoms with Crippen LogP contribution in [0.1, 0.15) is 11.1 Å². The van der Waals surface area contributed by atoms with Gasteiger partial charge in [-0.1, -0.05) is 29.8 Å². The highest BCUT2D eigenvalue weighted by molar-refractivity contribution is 6.32. The zero-order valence-electron chi connectivity index (χ0n) is 8.00. The summed E-state index contributed by atoms with van der Waals surface area (Å²) in [6.45, 7) is 2.01. The highest BCUT2D eigenvalue weighted by Crippen LogP contribution is 2.29. The Morgan fingerprint density at radius 2 is 2.14 bits per heavy atom. The first-order valence-electron chi connectivity index (χ1n) is 4.30. The van der Waals surface area contributed by atoms with Crippen LogP contribution < -0.4 is 0 Å². The molecular weight excluding hydrogens is 196 g/mol. The molecule has 3 heteroatoms. The van der Waals surface area contributed by atoms with E-state index in [1.54, 1.807) is 0 Å². The number of hydrogen-bond acceptors (Lipinski definition) is 1. The van der Waals surface area contributed by atoms with Crippen LogP contribution in [0.25, 0.3) is 10.9 Å². The van der Waals surface area contributed by atoms with Gasteiger partial charge in [-0.3, -0.25) is 0 Å². The van der Waals surface area contributed by atoms with Gasteiger partial charge in [0.1, 0.15) is 11.2 Å². The van der Waals surface area contributed by atoms with Crippen LogP contribution in [0.2, 0.25) is 5.15 Å². The minimum absolute atomic E-state index is 0.511. The molecule has 0 saturated carbocycles. The minimum atomic E-state index is 0.511. The second kappa shape index (κ2) is 3.04. The largest absolute Gasteiger partial charge is 0.333 e. The number of benzene rings is 1. The van der Waals surface area contributed by atoms with E-state index < -0.39 is 0 Å². The molecule has 2 rings (SSSR count). The van der Waals surface area contributed by atoms with Crippen LogP contribution in [-0.4, -0.2) is 4.57 Å². The van der Waals surface area contributed by atoms with Gasteiger partial charge in [-0.05, 0) is 12.5 Å². The van der Waals surface area contributed by atoms with E-state index in [4.69, 9.17) is 16.9 Å². The molecule has 0 bridgehead atoms. The summed E-state index contributed by atoms with van der Waals surface area (Å²) in [6, 6.07) is 8.01. The summed E-state index contributed by atoms with van der Waals surface area (Å²) in [5.41, 5.74) is 2.73. The Bertz CT molecular complexity index is 546. The quantitative estimate of drug-likeness (QED) is 0.649. The van der Waals surface area contributed by atoms with E-state index in [2.05, 4.69) is 6.07 Å². The molecule has 0 N–H and O–H groups in total. The lowest BCUT2D eigenvalue weighted by Crippen LogP contribution is -1.88. The molecule has 0 aliphatic carbocycles. The van der Waals surface area contributed by atoms with Crippen molar-refractivity contribution in [2.24, 2.45) is 7.05 Å². The molecule has 1 aromatic heterocycles. The van der Waals surface area contributed by atoms with Crippen molar-refractivity contribution in [2.45, 2.75) is 6.92 Å². The van der Waals surface area contributed by atoms with Gasteiger partial charge >= 0.3 is 0 Å². The van der Waals surface area contributed by atoms with E-state index in [1.807, 2.05) is 36.7 Å². The van der Waals surface area contributed by atoms with Gasteiger partial charge in [0.25, 0.3) is 0 Å². The SMILES string of the molecule is Cc1cccc2c(C#N)c(Cl)n(C)c12. The fraction of sp³-hybridized carbons (Fsp3) is 0.182. The molecule has 2 nitrogen and oxygen atoms in total. The Morgan fingerprint density at radius 3 is 2.79 bits per heavy atom. The molecule has 14 heavy (non-hydrogen) atoms. The number of aryl methyl sites for hydroxylation is 2. The van der Waals surface area contributed by atoms with Crippen molar-refractivity contribution in [1.82, 2.24) is 4.57 Å². The van der Waals surface area contributed by atoms with Crippen LogP contribution in [-0.2, 0) is 7.05 Å². The summed E-state index contributed by atoms with van der Waals surface area (Å²) in [5, 5.41) is 10.4. The third-order valence-corrected chi connectivity index (χ3v) is 2.90. The van der Waals surface area contributed by atoms with E-state index in [0.717, 1.165) is 16.5 Å². The molecule has 0 unspecified atom stereocenters. The summed E-state index contributed by atoms with van der Waals surface area (Å²) in [5.74, 6) is 0. The molecule has 0 saturated heterocycles. The van der Waals surface area contributed by atoms with Gasteiger partial charge in [-0.2, -0.15) is 5.26 Å². The maximum Gasteiger partial charge on any atom is 0.127 e. The van der Waals surface area contributed by atoms with Crippen molar-refractivity contribution >= 4 is 22.5 Å². The summed E-state index contributed by atoms with van der Waals surface area (Å²) in [7, 11) is 1.87. The summed E-state index contributed by atoms with van der Waals surface area (Å²) < 4.78 is 1.85. The molecule has 1 heterocycles. The molecule has 0 spiro atoms. The molecule has 2 aromatic rings. The van der Waals surface area contributed by atoms with Crippen LogP contribution in [0.5, 0.6) is 0 Å². The third kappa shape index (κ3) is 1.03. The van der Waals surface area contributed by atoms with Gasteiger partial charge in [0.15, 0.2) is 0 Å². The van der Waals surface area contributed by atoms with Crippen molar-refractivity contribution in [2.75, 3.05) is 0 Å². The monoisotopic (exact) mass is 204 g/mol. The number of rotatable bonds is 0. The molecule has 0 fully saturated rings. The Balaban J connectivity index is 3.05. The number of nitriles is 1. The number of nitrogens with zero attached hydrogens (tertiary/aromatic N) is 2. The number of hydrogen-bond donors (Lipinski definition) is 0. The summed E-state index contributed by atoms with van der Waals surface area (Å²) >= 11 is 6.05. The average molecular weight is 205 g/mol. The predicted molar refractivity (Wildman–Crippen MR) is 57.4 cm³/mol. The summed E-state index contributed by atoms with van der Waals surface area (Å²) in [6.07, 6.45) is 0. The van der Waals surface area contributed by atoms with Gasteiger partial charge in [0.2, 0.25) is 0 Å². The average Bonchev–Trinajstić information content (AvgIpc) is 2.41. The van der Waals surface area contributed by atoms with Crippen LogP contribution in [0.3, 0.4) is 0 Å². The minimum Gasteiger partial charge on any atom is -0.333 e. The smallest absolute Gasteiger partial charge is 0.127 e. The van der Waals surface area contributed by atoms with E-state index in [-0.39, 0.29) is 0 Å². The fourth-order valence-electron chi connectivity index (χ4n) is 1.79. The number of fused-ring (bicyclic) bond motifs is 1. The van der Waals surface area contributed by atoms with E-state index in [9.17, 15) is 0 Å². The molecular formula is C11H9ClN2. The molecule has 0 atom stereocenters. The molecule has 70 valence electrons. The fourth-order valence-corrected chi connectivity index (χ4v) is 2.02. The lowest BCUT2D eigenvalue weighted by Gasteiger charge is -1.99. The zero-order chi connectivity index (χ0) is 10.3. The molecule has 0 aliphatic rings. The zero-order valence-corrected chi connectivity index (χ0v) is 8.76. The first-order valence-corrected chi connectivity index (χ1v) is 4.68.